The van der Waals surface area contributed by atoms with Gasteiger partial charge in [-0.2, -0.15) is 5.10 Å². The second-order valence-corrected chi connectivity index (χ2v) is 4.55. The van der Waals surface area contributed by atoms with Gasteiger partial charge in [0.25, 0.3) is 0 Å². The van der Waals surface area contributed by atoms with Crippen LogP contribution in [-0.4, -0.2) is 17.3 Å². The molecule has 0 heterocycles. The fourth-order valence-electron chi connectivity index (χ4n) is 1.78. The Bertz CT molecular complexity index is 676. The van der Waals surface area contributed by atoms with E-state index in [9.17, 15) is 4.79 Å². The van der Waals surface area contributed by atoms with Gasteiger partial charge in [0.15, 0.2) is 0 Å². The van der Waals surface area contributed by atoms with Crippen molar-refractivity contribution < 1.29 is 9.90 Å². The van der Waals surface area contributed by atoms with Gasteiger partial charge in [0.2, 0.25) is 0 Å². The predicted molar refractivity (Wildman–Crippen MR) is 85.6 cm³/mol. The first-order valence-electron chi connectivity index (χ1n) is 6.51. The molecule has 106 valence electrons. The van der Waals surface area contributed by atoms with Crippen molar-refractivity contribution in [3.63, 3.8) is 0 Å². The van der Waals surface area contributed by atoms with Gasteiger partial charge in [-0.1, -0.05) is 42.5 Å². The lowest BCUT2D eigenvalue weighted by Gasteiger charge is -2.01. The van der Waals surface area contributed by atoms with Crippen LogP contribution in [0.15, 0.2) is 65.3 Å². The lowest BCUT2D eigenvalue weighted by atomic mass is 10.1. The molecule has 0 spiro atoms. The third-order valence-electron chi connectivity index (χ3n) is 2.77. The van der Waals surface area contributed by atoms with E-state index in [1.807, 2.05) is 43.3 Å². The molecule has 0 saturated carbocycles. The summed E-state index contributed by atoms with van der Waals surface area (Å²) in [5.41, 5.74) is 5.78. The van der Waals surface area contributed by atoms with Crippen LogP contribution >= 0.6 is 0 Å². The SMILES string of the molecule is C/C(C=NNc1cccc(C(=O)O)c1)=C\c1ccccc1. The molecule has 4 heteroatoms. The molecule has 0 aliphatic heterocycles. The quantitative estimate of drug-likeness (QED) is 0.645. The number of nitrogens with zero attached hydrogens (tertiary/aromatic N) is 1. The Morgan fingerprint density at radius 3 is 2.62 bits per heavy atom. The number of anilines is 1. The number of carboxylic acids is 1. The molecule has 2 aromatic rings. The van der Waals surface area contributed by atoms with Crippen LogP contribution in [0.2, 0.25) is 0 Å². The highest BCUT2D eigenvalue weighted by Crippen LogP contribution is 2.10. The Kier molecular flexibility index (Phi) is 4.88. The van der Waals surface area contributed by atoms with Gasteiger partial charge in [-0.15, -0.1) is 0 Å². The van der Waals surface area contributed by atoms with Crippen LogP contribution in [0.25, 0.3) is 6.08 Å². The van der Waals surface area contributed by atoms with Crippen molar-refractivity contribution in [2.45, 2.75) is 6.92 Å². The van der Waals surface area contributed by atoms with Gasteiger partial charge in [0.05, 0.1) is 17.5 Å². The summed E-state index contributed by atoms with van der Waals surface area (Å²) in [6, 6.07) is 16.5. The summed E-state index contributed by atoms with van der Waals surface area (Å²) in [7, 11) is 0. The van der Waals surface area contributed by atoms with E-state index in [1.54, 1.807) is 18.3 Å². The summed E-state index contributed by atoms with van der Waals surface area (Å²) in [6.45, 7) is 1.95. The number of aromatic carboxylic acids is 1. The zero-order valence-corrected chi connectivity index (χ0v) is 11.7. The Labute approximate surface area is 123 Å². The highest BCUT2D eigenvalue weighted by atomic mass is 16.4. The van der Waals surface area contributed by atoms with E-state index in [0.717, 1.165) is 11.1 Å². The zero-order chi connectivity index (χ0) is 15.1. The first-order valence-corrected chi connectivity index (χ1v) is 6.51. The van der Waals surface area contributed by atoms with Crippen LogP contribution < -0.4 is 5.43 Å². The minimum absolute atomic E-state index is 0.228. The lowest BCUT2D eigenvalue weighted by molar-refractivity contribution is 0.0697. The first-order chi connectivity index (χ1) is 10.1. The Morgan fingerprint density at radius 2 is 1.90 bits per heavy atom. The highest BCUT2D eigenvalue weighted by molar-refractivity contribution is 5.89. The topological polar surface area (TPSA) is 61.7 Å². The predicted octanol–water partition coefficient (Wildman–Crippen LogP) is 3.89. The average molecular weight is 280 g/mol. The van der Waals surface area contributed by atoms with Gasteiger partial charge in [-0.25, -0.2) is 4.79 Å². The minimum Gasteiger partial charge on any atom is -0.478 e. The van der Waals surface area contributed by atoms with E-state index in [0.29, 0.717) is 5.69 Å². The Balaban J connectivity index is 2.00. The van der Waals surface area contributed by atoms with E-state index in [-0.39, 0.29) is 5.56 Å². The number of hydrazone groups is 1. The monoisotopic (exact) mass is 280 g/mol. The molecule has 0 aliphatic rings. The molecule has 0 aliphatic carbocycles. The molecule has 2 N–H and O–H groups in total. The van der Waals surface area contributed by atoms with E-state index < -0.39 is 5.97 Å². The van der Waals surface area contributed by atoms with Crippen molar-refractivity contribution in [2.24, 2.45) is 5.10 Å². The zero-order valence-electron chi connectivity index (χ0n) is 11.7. The van der Waals surface area contributed by atoms with Crippen LogP contribution in [0.4, 0.5) is 5.69 Å². The molecule has 0 bridgehead atoms. The maximum absolute atomic E-state index is 10.9. The number of allylic oxidation sites excluding steroid dienone is 1. The average Bonchev–Trinajstić information content (AvgIpc) is 2.48. The molecule has 2 aromatic carbocycles. The second-order valence-electron chi connectivity index (χ2n) is 4.55. The third kappa shape index (κ3) is 4.62. The molecule has 0 saturated heterocycles. The van der Waals surface area contributed by atoms with Crippen molar-refractivity contribution in [1.82, 2.24) is 0 Å². The van der Waals surface area contributed by atoms with Crippen LogP contribution in [0.5, 0.6) is 0 Å². The molecular formula is C17H16N2O2. The summed E-state index contributed by atoms with van der Waals surface area (Å²) in [5.74, 6) is -0.956. The summed E-state index contributed by atoms with van der Waals surface area (Å²) < 4.78 is 0. The van der Waals surface area contributed by atoms with E-state index in [2.05, 4.69) is 10.5 Å². The molecule has 0 fully saturated rings. The van der Waals surface area contributed by atoms with E-state index >= 15 is 0 Å². The van der Waals surface area contributed by atoms with Gasteiger partial charge in [0, 0.05) is 0 Å². The molecule has 4 nitrogen and oxygen atoms in total. The summed E-state index contributed by atoms with van der Waals surface area (Å²) in [4.78, 5) is 10.9. The van der Waals surface area contributed by atoms with Crippen molar-refractivity contribution >= 4 is 23.9 Å². The summed E-state index contributed by atoms with van der Waals surface area (Å²) in [6.07, 6.45) is 3.71. The van der Waals surface area contributed by atoms with Gasteiger partial charge < -0.3 is 5.11 Å². The van der Waals surface area contributed by atoms with Gasteiger partial charge in [0.1, 0.15) is 0 Å². The largest absolute Gasteiger partial charge is 0.478 e. The molecule has 0 atom stereocenters. The fraction of sp³-hybridized carbons (Fsp3) is 0.0588. The number of carbonyl (C=O) groups is 1. The van der Waals surface area contributed by atoms with Crippen molar-refractivity contribution in [3.8, 4) is 0 Å². The molecule has 21 heavy (non-hydrogen) atoms. The Morgan fingerprint density at radius 1 is 1.14 bits per heavy atom. The van der Waals surface area contributed by atoms with Crippen LogP contribution in [0.1, 0.15) is 22.8 Å². The number of nitrogens with one attached hydrogen (secondary N) is 1. The fourth-order valence-corrected chi connectivity index (χ4v) is 1.78. The minimum atomic E-state index is -0.956. The van der Waals surface area contributed by atoms with Crippen molar-refractivity contribution in [2.75, 3.05) is 5.43 Å². The maximum Gasteiger partial charge on any atom is 0.335 e. The lowest BCUT2D eigenvalue weighted by Crippen LogP contribution is -1.97. The first kappa shape index (κ1) is 14.5. The smallest absolute Gasteiger partial charge is 0.335 e. The number of hydrogen-bond acceptors (Lipinski definition) is 3. The number of benzene rings is 2. The van der Waals surface area contributed by atoms with Crippen LogP contribution in [0, 0.1) is 0 Å². The molecule has 2 rings (SSSR count). The molecular weight excluding hydrogens is 264 g/mol. The molecule has 0 unspecified atom stereocenters. The molecule has 0 radical (unpaired) electrons. The molecule has 0 aromatic heterocycles. The standard InChI is InChI=1S/C17H16N2O2/c1-13(10-14-6-3-2-4-7-14)12-18-19-16-9-5-8-15(11-16)17(20)21/h2-12,19H,1H3,(H,20,21)/b13-10+,18-12?. The van der Waals surface area contributed by atoms with Gasteiger partial charge >= 0.3 is 5.97 Å². The highest BCUT2D eigenvalue weighted by Gasteiger charge is 2.01. The number of rotatable bonds is 5. The van der Waals surface area contributed by atoms with Crippen LogP contribution in [-0.2, 0) is 0 Å². The summed E-state index contributed by atoms with van der Waals surface area (Å²) in [5, 5.41) is 13.0. The molecule has 0 amide bonds. The second kappa shape index (κ2) is 7.05. The van der Waals surface area contributed by atoms with Gasteiger partial charge in [-0.3, -0.25) is 5.43 Å². The van der Waals surface area contributed by atoms with Crippen LogP contribution in [0.3, 0.4) is 0 Å². The Hall–Kier alpha value is -2.88. The van der Waals surface area contributed by atoms with Crippen molar-refractivity contribution in [1.29, 1.82) is 0 Å². The maximum atomic E-state index is 10.9. The van der Waals surface area contributed by atoms with Gasteiger partial charge in [-0.05, 0) is 36.3 Å². The normalized spacial score (nSPS) is 11.6. The number of carboxylic acid groups (broad SMARTS) is 1. The number of hydrogen-bond donors (Lipinski definition) is 2. The third-order valence-corrected chi connectivity index (χ3v) is 2.77. The van der Waals surface area contributed by atoms with Crippen molar-refractivity contribution in [3.05, 3.63) is 71.3 Å². The van der Waals surface area contributed by atoms with E-state index in [1.165, 1.54) is 12.1 Å². The van der Waals surface area contributed by atoms with E-state index in [4.69, 9.17) is 5.11 Å². The summed E-state index contributed by atoms with van der Waals surface area (Å²) >= 11 is 0.